The summed E-state index contributed by atoms with van der Waals surface area (Å²) in [7, 11) is 0. The number of ketones is 1. The summed E-state index contributed by atoms with van der Waals surface area (Å²) >= 11 is 0. The van der Waals surface area contributed by atoms with Crippen LogP contribution in [0.3, 0.4) is 0 Å². The first-order valence-corrected chi connectivity index (χ1v) is 6.87. The first-order chi connectivity index (χ1) is 8.67. The second kappa shape index (κ2) is 8.09. The molecule has 2 atom stereocenters. The highest BCUT2D eigenvalue weighted by molar-refractivity contribution is 5.84. The first-order valence-electron chi connectivity index (χ1n) is 6.87. The van der Waals surface area contributed by atoms with Gasteiger partial charge in [-0.1, -0.05) is 24.6 Å². The Morgan fingerprint density at radius 1 is 1.61 bits per heavy atom. The monoisotopic (exact) mass is 251 g/mol. The minimum absolute atomic E-state index is 0.00324. The summed E-state index contributed by atoms with van der Waals surface area (Å²) in [5, 5.41) is 8.82. The van der Waals surface area contributed by atoms with Crippen LogP contribution in [-0.4, -0.2) is 17.5 Å². The summed E-state index contributed by atoms with van der Waals surface area (Å²) in [6.45, 7) is 2.48. The molecular formula is C15H25NO2. The van der Waals surface area contributed by atoms with Gasteiger partial charge in [0.1, 0.15) is 5.78 Å². The minimum Gasteiger partial charge on any atom is -0.405 e. The molecule has 0 aromatic rings. The van der Waals surface area contributed by atoms with Crippen molar-refractivity contribution in [3.05, 3.63) is 23.9 Å². The molecule has 3 heteroatoms. The molecule has 0 aliphatic heterocycles. The van der Waals surface area contributed by atoms with E-state index in [-0.39, 0.29) is 18.3 Å². The van der Waals surface area contributed by atoms with E-state index in [4.69, 9.17) is 10.8 Å². The Balaban J connectivity index is 2.46. The fourth-order valence-electron chi connectivity index (χ4n) is 2.51. The average molecular weight is 251 g/mol. The zero-order valence-corrected chi connectivity index (χ0v) is 11.3. The molecule has 1 rings (SSSR count). The van der Waals surface area contributed by atoms with Crippen molar-refractivity contribution in [2.45, 2.75) is 45.4 Å². The first kappa shape index (κ1) is 15.0. The van der Waals surface area contributed by atoms with Crippen LogP contribution in [0.5, 0.6) is 0 Å². The Morgan fingerprint density at radius 2 is 2.39 bits per heavy atom. The SMILES string of the molecule is CC(CCCO)CC1=CCC(=O)C(/C=C/N)CC1. The molecule has 0 aromatic heterocycles. The van der Waals surface area contributed by atoms with Crippen LogP contribution in [-0.2, 0) is 4.79 Å². The van der Waals surface area contributed by atoms with Crippen LogP contribution in [0.1, 0.15) is 45.4 Å². The fraction of sp³-hybridized carbons (Fsp3) is 0.667. The van der Waals surface area contributed by atoms with E-state index in [0.29, 0.717) is 12.3 Å². The highest BCUT2D eigenvalue weighted by Gasteiger charge is 2.19. The Hall–Kier alpha value is -1.09. The number of hydrogen-bond donors (Lipinski definition) is 2. The van der Waals surface area contributed by atoms with Gasteiger partial charge in [0.25, 0.3) is 0 Å². The lowest BCUT2D eigenvalue weighted by atomic mass is 9.93. The van der Waals surface area contributed by atoms with Crippen LogP contribution in [0.2, 0.25) is 0 Å². The van der Waals surface area contributed by atoms with Gasteiger partial charge < -0.3 is 10.8 Å². The van der Waals surface area contributed by atoms with Crippen LogP contribution in [0, 0.1) is 11.8 Å². The lowest BCUT2D eigenvalue weighted by Crippen LogP contribution is -2.10. The highest BCUT2D eigenvalue weighted by atomic mass is 16.2. The van der Waals surface area contributed by atoms with Crippen molar-refractivity contribution in [3.8, 4) is 0 Å². The molecule has 0 aromatic carbocycles. The van der Waals surface area contributed by atoms with Crippen molar-refractivity contribution >= 4 is 5.78 Å². The summed E-state index contributed by atoms with van der Waals surface area (Å²) in [4.78, 5) is 11.8. The largest absolute Gasteiger partial charge is 0.405 e. The normalized spacial score (nSPS) is 22.9. The van der Waals surface area contributed by atoms with Gasteiger partial charge >= 0.3 is 0 Å². The van der Waals surface area contributed by atoms with Gasteiger partial charge in [-0.25, -0.2) is 0 Å². The molecule has 3 N–H and O–H groups in total. The van der Waals surface area contributed by atoms with E-state index in [1.165, 1.54) is 11.8 Å². The third-order valence-electron chi connectivity index (χ3n) is 3.59. The molecule has 0 bridgehead atoms. The fourth-order valence-corrected chi connectivity index (χ4v) is 2.51. The molecule has 1 aliphatic rings. The van der Waals surface area contributed by atoms with Crippen LogP contribution in [0.25, 0.3) is 0 Å². The van der Waals surface area contributed by atoms with Crippen molar-refractivity contribution < 1.29 is 9.90 Å². The minimum atomic E-state index is -0.00324. The molecule has 0 fully saturated rings. The third kappa shape index (κ3) is 5.05. The number of aliphatic hydroxyl groups excluding tert-OH is 1. The maximum absolute atomic E-state index is 11.8. The van der Waals surface area contributed by atoms with E-state index >= 15 is 0 Å². The number of rotatable bonds is 6. The quantitative estimate of drug-likeness (QED) is 0.713. The second-order valence-corrected chi connectivity index (χ2v) is 5.24. The summed E-state index contributed by atoms with van der Waals surface area (Å²) < 4.78 is 0. The van der Waals surface area contributed by atoms with Gasteiger partial charge in [0.05, 0.1) is 0 Å². The number of carbonyl (C=O) groups is 1. The Kier molecular flexibility index (Phi) is 6.73. The van der Waals surface area contributed by atoms with E-state index in [0.717, 1.165) is 32.1 Å². The topological polar surface area (TPSA) is 63.3 Å². The summed E-state index contributed by atoms with van der Waals surface area (Å²) in [5.41, 5.74) is 6.76. The van der Waals surface area contributed by atoms with Gasteiger partial charge in [-0.15, -0.1) is 0 Å². The molecular weight excluding hydrogens is 226 g/mol. The molecule has 2 unspecified atom stereocenters. The van der Waals surface area contributed by atoms with E-state index in [9.17, 15) is 4.79 Å². The van der Waals surface area contributed by atoms with Gasteiger partial charge in [0.15, 0.2) is 0 Å². The third-order valence-corrected chi connectivity index (χ3v) is 3.59. The van der Waals surface area contributed by atoms with Crippen LogP contribution in [0.15, 0.2) is 23.9 Å². The Morgan fingerprint density at radius 3 is 3.06 bits per heavy atom. The number of allylic oxidation sites excluding steroid dienone is 3. The molecule has 1 aliphatic carbocycles. The zero-order chi connectivity index (χ0) is 13.4. The van der Waals surface area contributed by atoms with Gasteiger partial charge in [-0.2, -0.15) is 0 Å². The summed E-state index contributed by atoms with van der Waals surface area (Å²) in [6, 6.07) is 0. The van der Waals surface area contributed by atoms with Crippen LogP contribution >= 0.6 is 0 Å². The Bertz CT molecular complexity index is 320. The molecule has 0 amide bonds. The smallest absolute Gasteiger partial charge is 0.143 e. The van der Waals surface area contributed by atoms with Gasteiger partial charge in [-0.05, 0) is 44.2 Å². The lowest BCUT2D eigenvalue weighted by Gasteiger charge is -2.13. The van der Waals surface area contributed by atoms with Crippen LogP contribution < -0.4 is 5.73 Å². The van der Waals surface area contributed by atoms with Crippen LogP contribution in [0.4, 0.5) is 0 Å². The predicted octanol–water partition coefficient (Wildman–Crippen LogP) is 2.55. The summed E-state index contributed by atoms with van der Waals surface area (Å²) in [6.07, 6.45) is 10.8. The number of nitrogens with two attached hydrogens (primary N) is 1. The van der Waals surface area contributed by atoms with Gasteiger partial charge in [-0.3, -0.25) is 4.79 Å². The van der Waals surface area contributed by atoms with Crippen molar-refractivity contribution in [1.29, 1.82) is 0 Å². The number of aliphatic hydroxyl groups is 1. The number of carbonyl (C=O) groups excluding carboxylic acids is 1. The Labute approximate surface area is 110 Å². The molecule has 0 spiro atoms. The average Bonchev–Trinajstić information content (AvgIpc) is 2.52. The molecule has 0 radical (unpaired) electrons. The standard InChI is InChI=1S/C15H25NO2/c1-12(3-2-10-17)11-13-4-6-14(8-9-16)15(18)7-5-13/h5,8-9,12,14,17H,2-4,6-7,10-11,16H2,1H3/b9-8+. The highest BCUT2D eigenvalue weighted by Crippen LogP contribution is 2.26. The van der Waals surface area contributed by atoms with Crippen molar-refractivity contribution in [3.63, 3.8) is 0 Å². The van der Waals surface area contributed by atoms with Crippen molar-refractivity contribution in [1.82, 2.24) is 0 Å². The number of hydrogen-bond acceptors (Lipinski definition) is 3. The zero-order valence-electron chi connectivity index (χ0n) is 11.3. The summed E-state index contributed by atoms with van der Waals surface area (Å²) in [5.74, 6) is 0.853. The molecule has 0 saturated carbocycles. The van der Waals surface area contributed by atoms with E-state index in [1.54, 1.807) is 0 Å². The molecule has 102 valence electrons. The molecule has 0 saturated heterocycles. The number of Topliss-reactive ketones (excluding diaryl/α,β-unsaturated/α-hetero) is 1. The van der Waals surface area contributed by atoms with Gasteiger partial charge in [0, 0.05) is 18.9 Å². The van der Waals surface area contributed by atoms with Gasteiger partial charge in [0.2, 0.25) is 0 Å². The maximum Gasteiger partial charge on any atom is 0.143 e. The van der Waals surface area contributed by atoms with Crippen molar-refractivity contribution in [2.75, 3.05) is 6.61 Å². The maximum atomic E-state index is 11.8. The van der Waals surface area contributed by atoms with E-state index < -0.39 is 0 Å². The second-order valence-electron chi connectivity index (χ2n) is 5.24. The molecule has 18 heavy (non-hydrogen) atoms. The van der Waals surface area contributed by atoms with E-state index in [2.05, 4.69) is 13.0 Å². The predicted molar refractivity (Wildman–Crippen MR) is 73.9 cm³/mol. The molecule has 3 nitrogen and oxygen atoms in total. The lowest BCUT2D eigenvalue weighted by molar-refractivity contribution is -0.120. The molecule has 0 heterocycles. The van der Waals surface area contributed by atoms with E-state index in [1.807, 2.05) is 6.08 Å². The van der Waals surface area contributed by atoms with Crippen molar-refractivity contribution in [2.24, 2.45) is 17.6 Å².